The standard InChI is InChI=1S/C15H18FNO/c1-3-17-15(10-18-2)13-8-9-14(16)12-7-5-4-6-11(12)13/h4-9,15,17H,3,10H2,1-2H3. The van der Waals surface area contributed by atoms with Gasteiger partial charge in [0.2, 0.25) is 0 Å². The summed E-state index contributed by atoms with van der Waals surface area (Å²) < 4.78 is 19.0. The lowest BCUT2D eigenvalue weighted by atomic mass is 9.98. The van der Waals surface area contributed by atoms with Crippen LogP contribution in [0.2, 0.25) is 0 Å². The number of nitrogens with one attached hydrogen (secondary N) is 1. The molecule has 2 aromatic rings. The molecule has 0 aliphatic rings. The van der Waals surface area contributed by atoms with Crippen LogP contribution in [0, 0.1) is 5.82 Å². The van der Waals surface area contributed by atoms with Gasteiger partial charge in [0.05, 0.1) is 12.6 Å². The van der Waals surface area contributed by atoms with Crippen LogP contribution in [0.1, 0.15) is 18.5 Å². The fraction of sp³-hybridized carbons (Fsp3) is 0.333. The van der Waals surface area contributed by atoms with Crippen LogP contribution in [-0.2, 0) is 4.74 Å². The van der Waals surface area contributed by atoms with Crippen LogP contribution < -0.4 is 5.32 Å². The molecule has 18 heavy (non-hydrogen) atoms. The maximum atomic E-state index is 13.7. The van der Waals surface area contributed by atoms with Crippen molar-refractivity contribution in [3.05, 3.63) is 47.8 Å². The minimum atomic E-state index is -0.179. The summed E-state index contributed by atoms with van der Waals surface area (Å²) in [6, 6.07) is 11.0. The highest BCUT2D eigenvalue weighted by Crippen LogP contribution is 2.26. The van der Waals surface area contributed by atoms with Gasteiger partial charge in [-0.3, -0.25) is 0 Å². The minimum Gasteiger partial charge on any atom is -0.383 e. The first kappa shape index (κ1) is 13.0. The highest BCUT2D eigenvalue weighted by Gasteiger charge is 2.14. The molecule has 0 radical (unpaired) electrons. The molecule has 0 fully saturated rings. The number of benzene rings is 2. The van der Waals surface area contributed by atoms with E-state index in [-0.39, 0.29) is 11.9 Å². The van der Waals surface area contributed by atoms with E-state index in [0.717, 1.165) is 17.5 Å². The SMILES string of the molecule is CCNC(COC)c1ccc(F)c2ccccc12. The van der Waals surface area contributed by atoms with Gasteiger partial charge in [0.25, 0.3) is 0 Å². The van der Waals surface area contributed by atoms with E-state index in [1.807, 2.05) is 37.3 Å². The zero-order chi connectivity index (χ0) is 13.0. The fourth-order valence-corrected chi connectivity index (χ4v) is 2.26. The Morgan fingerprint density at radius 2 is 1.89 bits per heavy atom. The summed E-state index contributed by atoms with van der Waals surface area (Å²) in [7, 11) is 1.68. The van der Waals surface area contributed by atoms with E-state index < -0.39 is 0 Å². The first-order valence-electron chi connectivity index (χ1n) is 6.17. The number of likely N-dealkylation sites (N-methyl/N-ethyl adjacent to an activating group) is 1. The molecule has 1 atom stereocenters. The van der Waals surface area contributed by atoms with Crippen molar-refractivity contribution >= 4 is 10.8 Å². The Kier molecular flexibility index (Phi) is 4.28. The van der Waals surface area contributed by atoms with Gasteiger partial charge in [-0.1, -0.05) is 37.3 Å². The Morgan fingerprint density at radius 3 is 2.56 bits per heavy atom. The van der Waals surface area contributed by atoms with Crippen molar-refractivity contribution in [2.24, 2.45) is 0 Å². The molecular formula is C15H18FNO. The fourth-order valence-electron chi connectivity index (χ4n) is 2.26. The second-order valence-corrected chi connectivity index (χ2v) is 4.25. The largest absolute Gasteiger partial charge is 0.383 e. The Labute approximate surface area is 107 Å². The smallest absolute Gasteiger partial charge is 0.131 e. The van der Waals surface area contributed by atoms with Crippen LogP contribution in [0.25, 0.3) is 10.8 Å². The molecule has 3 heteroatoms. The average Bonchev–Trinajstić information content (AvgIpc) is 2.39. The van der Waals surface area contributed by atoms with Crippen LogP contribution in [0.3, 0.4) is 0 Å². The summed E-state index contributed by atoms with van der Waals surface area (Å²) in [5, 5.41) is 4.97. The molecule has 1 N–H and O–H groups in total. The summed E-state index contributed by atoms with van der Waals surface area (Å²) in [4.78, 5) is 0. The van der Waals surface area contributed by atoms with Crippen molar-refractivity contribution in [2.45, 2.75) is 13.0 Å². The van der Waals surface area contributed by atoms with Gasteiger partial charge >= 0.3 is 0 Å². The molecule has 0 saturated carbocycles. The van der Waals surface area contributed by atoms with Crippen LogP contribution in [0.4, 0.5) is 4.39 Å². The molecule has 0 bridgehead atoms. The zero-order valence-corrected chi connectivity index (χ0v) is 10.7. The molecule has 0 heterocycles. The van der Waals surface area contributed by atoms with Gasteiger partial charge in [-0.2, -0.15) is 0 Å². The lowest BCUT2D eigenvalue weighted by molar-refractivity contribution is 0.168. The summed E-state index contributed by atoms with van der Waals surface area (Å²) >= 11 is 0. The maximum Gasteiger partial charge on any atom is 0.131 e. The molecular weight excluding hydrogens is 229 g/mol. The first-order chi connectivity index (χ1) is 8.77. The summed E-state index contributed by atoms with van der Waals surface area (Å²) in [5.74, 6) is -0.179. The Hall–Kier alpha value is -1.45. The Morgan fingerprint density at radius 1 is 1.17 bits per heavy atom. The van der Waals surface area contributed by atoms with Crippen molar-refractivity contribution in [2.75, 3.05) is 20.3 Å². The third-order valence-electron chi connectivity index (χ3n) is 3.06. The molecule has 0 saturated heterocycles. The summed E-state index contributed by atoms with van der Waals surface area (Å²) in [6.45, 7) is 3.47. The predicted octanol–water partition coefficient (Wildman–Crippen LogP) is 3.28. The third kappa shape index (κ3) is 2.52. The van der Waals surface area contributed by atoms with Crippen molar-refractivity contribution in [1.82, 2.24) is 5.32 Å². The normalized spacial score (nSPS) is 12.8. The first-order valence-corrected chi connectivity index (χ1v) is 6.17. The third-order valence-corrected chi connectivity index (χ3v) is 3.06. The molecule has 2 nitrogen and oxygen atoms in total. The minimum absolute atomic E-state index is 0.0884. The van der Waals surface area contributed by atoms with Crippen LogP contribution in [0.15, 0.2) is 36.4 Å². The molecule has 96 valence electrons. The number of rotatable bonds is 5. The van der Waals surface area contributed by atoms with Crippen molar-refractivity contribution in [1.29, 1.82) is 0 Å². The van der Waals surface area contributed by atoms with E-state index in [9.17, 15) is 4.39 Å². The molecule has 0 amide bonds. The van der Waals surface area contributed by atoms with Gasteiger partial charge in [0.15, 0.2) is 0 Å². The number of hydrogen-bond acceptors (Lipinski definition) is 2. The number of ether oxygens (including phenoxy) is 1. The van der Waals surface area contributed by atoms with Gasteiger partial charge in [-0.25, -0.2) is 4.39 Å². The molecule has 0 aliphatic carbocycles. The lowest BCUT2D eigenvalue weighted by Gasteiger charge is -2.19. The molecule has 2 rings (SSSR count). The van der Waals surface area contributed by atoms with Gasteiger partial charge in [-0.15, -0.1) is 0 Å². The van der Waals surface area contributed by atoms with E-state index in [1.54, 1.807) is 7.11 Å². The van der Waals surface area contributed by atoms with Crippen LogP contribution in [0.5, 0.6) is 0 Å². The quantitative estimate of drug-likeness (QED) is 0.875. The zero-order valence-electron chi connectivity index (χ0n) is 10.7. The molecule has 0 aromatic heterocycles. The summed E-state index contributed by atoms with van der Waals surface area (Å²) in [6.07, 6.45) is 0. The Bertz CT molecular complexity index is 521. The highest BCUT2D eigenvalue weighted by molar-refractivity contribution is 5.86. The van der Waals surface area contributed by atoms with Gasteiger partial charge in [-0.05, 0) is 23.6 Å². The highest BCUT2D eigenvalue weighted by atomic mass is 19.1. The molecule has 0 aliphatic heterocycles. The van der Waals surface area contributed by atoms with E-state index in [2.05, 4.69) is 5.32 Å². The maximum absolute atomic E-state index is 13.7. The number of fused-ring (bicyclic) bond motifs is 1. The van der Waals surface area contributed by atoms with E-state index in [4.69, 9.17) is 4.74 Å². The number of hydrogen-bond donors (Lipinski definition) is 1. The molecule has 0 spiro atoms. The lowest BCUT2D eigenvalue weighted by Crippen LogP contribution is -2.25. The molecule has 2 aromatic carbocycles. The van der Waals surface area contributed by atoms with Gasteiger partial charge in [0, 0.05) is 12.5 Å². The van der Waals surface area contributed by atoms with E-state index in [0.29, 0.717) is 12.0 Å². The monoisotopic (exact) mass is 247 g/mol. The predicted molar refractivity (Wildman–Crippen MR) is 72.2 cm³/mol. The van der Waals surface area contributed by atoms with E-state index in [1.165, 1.54) is 6.07 Å². The van der Waals surface area contributed by atoms with Gasteiger partial charge in [0.1, 0.15) is 5.82 Å². The average molecular weight is 247 g/mol. The van der Waals surface area contributed by atoms with Gasteiger partial charge < -0.3 is 10.1 Å². The van der Waals surface area contributed by atoms with Crippen LogP contribution >= 0.6 is 0 Å². The second-order valence-electron chi connectivity index (χ2n) is 4.25. The number of halogens is 1. The van der Waals surface area contributed by atoms with Crippen LogP contribution in [-0.4, -0.2) is 20.3 Å². The second kappa shape index (κ2) is 5.94. The summed E-state index contributed by atoms with van der Waals surface area (Å²) in [5.41, 5.74) is 1.08. The Balaban J connectivity index is 2.52. The number of methoxy groups -OCH3 is 1. The van der Waals surface area contributed by atoms with Crippen molar-refractivity contribution in [3.8, 4) is 0 Å². The topological polar surface area (TPSA) is 21.3 Å². The molecule has 1 unspecified atom stereocenters. The van der Waals surface area contributed by atoms with E-state index >= 15 is 0 Å². The van der Waals surface area contributed by atoms with Crippen molar-refractivity contribution < 1.29 is 9.13 Å². The van der Waals surface area contributed by atoms with Crippen molar-refractivity contribution in [3.63, 3.8) is 0 Å².